The first kappa shape index (κ1) is 35.4. The number of hydrogen-bond donors (Lipinski definition) is 2. The zero-order valence-corrected chi connectivity index (χ0v) is 27.2. The summed E-state index contributed by atoms with van der Waals surface area (Å²) in [6.07, 6.45) is 1.37. The highest BCUT2D eigenvalue weighted by atomic mass is 35.5. The Balaban J connectivity index is 1.38. The second kappa shape index (κ2) is 16.9. The Bertz CT molecular complexity index is 1740. The van der Waals surface area contributed by atoms with Crippen molar-refractivity contribution < 1.29 is 29.0 Å². The standard InChI is InChI=1S/C33H36ClN7O7/c1-3-4-9-30-37-31(34)29(19-42)39(30)18-23-14-16-26(17-15-23)27-7-5-6-8-28(27)32(35)38-40(36)22(2)48-33(43)46-20-24-10-12-25(13-11-24)21-47-41(44)45/h5-8,10-17,19,22H,3-4,9,18,20-21,36H2,1-2H3,(H2,35,38). The molecule has 0 spiro atoms. The molecule has 1 unspecified atom stereocenters. The maximum Gasteiger partial charge on any atom is 0.510 e. The van der Waals surface area contributed by atoms with Crippen molar-refractivity contribution in [3.05, 3.63) is 122 Å². The highest BCUT2D eigenvalue weighted by Gasteiger charge is 2.18. The highest BCUT2D eigenvalue weighted by molar-refractivity contribution is 6.31. The molecule has 252 valence electrons. The van der Waals surface area contributed by atoms with Crippen molar-refractivity contribution in [2.45, 2.75) is 59.1 Å². The maximum atomic E-state index is 12.3. The number of carbonyl (C=O) groups is 2. The quantitative estimate of drug-likeness (QED) is 0.0219. The summed E-state index contributed by atoms with van der Waals surface area (Å²) in [7, 11) is 0. The lowest BCUT2D eigenvalue weighted by Crippen LogP contribution is -2.40. The van der Waals surface area contributed by atoms with Gasteiger partial charge in [-0.05, 0) is 41.2 Å². The van der Waals surface area contributed by atoms with Gasteiger partial charge in [-0.15, -0.1) is 15.2 Å². The molecule has 1 heterocycles. The monoisotopic (exact) mass is 677 g/mol. The van der Waals surface area contributed by atoms with Crippen LogP contribution in [0.1, 0.15) is 65.3 Å². The summed E-state index contributed by atoms with van der Waals surface area (Å²) in [5, 5.41) is 14.8. The zero-order chi connectivity index (χ0) is 34.6. The minimum Gasteiger partial charge on any atom is -0.429 e. The fraction of sp³-hybridized carbons (Fsp3) is 0.273. The van der Waals surface area contributed by atoms with E-state index in [0.717, 1.165) is 53.2 Å². The minimum atomic E-state index is -1.03. The second-order valence-electron chi connectivity index (χ2n) is 10.7. The number of aryl methyl sites for hydroxylation is 1. The van der Waals surface area contributed by atoms with Gasteiger partial charge in [0.2, 0.25) is 6.23 Å². The molecule has 4 rings (SSSR count). The Labute approximate surface area is 281 Å². The molecule has 14 nitrogen and oxygen atoms in total. The van der Waals surface area contributed by atoms with Crippen LogP contribution in [-0.2, 0) is 40.5 Å². The molecule has 0 aliphatic heterocycles. The number of halogens is 1. The van der Waals surface area contributed by atoms with Gasteiger partial charge in [0.05, 0.1) is 0 Å². The number of ether oxygens (including phenoxy) is 2. The number of nitrogens with two attached hydrogens (primary N) is 2. The summed E-state index contributed by atoms with van der Waals surface area (Å²) < 4.78 is 12.2. The molecule has 4 N–H and O–H groups in total. The van der Waals surface area contributed by atoms with E-state index in [2.05, 4.69) is 21.8 Å². The molecular formula is C33H36ClN7O7. The lowest BCUT2D eigenvalue weighted by atomic mass is 9.98. The average Bonchev–Trinajstić information content (AvgIpc) is 3.38. The van der Waals surface area contributed by atoms with E-state index in [9.17, 15) is 19.7 Å². The number of unbranched alkanes of at least 4 members (excludes halogenated alkanes) is 1. The summed E-state index contributed by atoms with van der Waals surface area (Å²) in [5.41, 5.74) is 11.2. The molecule has 0 radical (unpaired) electrons. The van der Waals surface area contributed by atoms with Crippen molar-refractivity contribution in [1.29, 1.82) is 0 Å². The van der Waals surface area contributed by atoms with E-state index in [1.54, 1.807) is 30.3 Å². The molecule has 0 fully saturated rings. The van der Waals surface area contributed by atoms with Gasteiger partial charge in [-0.2, -0.15) is 5.12 Å². The van der Waals surface area contributed by atoms with Crippen molar-refractivity contribution in [2.24, 2.45) is 16.7 Å². The van der Waals surface area contributed by atoms with Crippen LogP contribution in [0.5, 0.6) is 0 Å². The summed E-state index contributed by atoms with van der Waals surface area (Å²) in [4.78, 5) is 43.1. The number of amidine groups is 1. The number of hydrazone groups is 1. The van der Waals surface area contributed by atoms with Gasteiger partial charge in [-0.3, -0.25) is 4.79 Å². The normalized spacial score (nSPS) is 11.9. The fourth-order valence-electron chi connectivity index (χ4n) is 4.71. The fourth-order valence-corrected chi connectivity index (χ4v) is 4.96. The van der Waals surface area contributed by atoms with E-state index in [4.69, 9.17) is 32.7 Å². The molecule has 15 heteroatoms. The second-order valence-corrected chi connectivity index (χ2v) is 11.0. The van der Waals surface area contributed by atoms with Crippen LogP contribution in [0, 0.1) is 10.1 Å². The van der Waals surface area contributed by atoms with E-state index in [0.29, 0.717) is 28.9 Å². The van der Waals surface area contributed by atoms with Crippen LogP contribution in [-0.4, -0.2) is 44.3 Å². The SMILES string of the molecule is CCCCc1nc(Cl)c(C=O)n1Cc1ccc(-c2ccccc2/C(N)=N/N(N)C(C)OC(=O)OCc2ccc(CO[N+](=O)[O-])cc2)cc1. The first-order chi connectivity index (χ1) is 23.1. The predicted octanol–water partition coefficient (Wildman–Crippen LogP) is 5.61. The molecule has 0 bridgehead atoms. The van der Waals surface area contributed by atoms with Gasteiger partial charge in [0.1, 0.15) is 24.7 Å². The molecule has 1 aromatic heterocycles. The van der Waals surface area contributed by atoms with Crippen molar-refractivity contribution in [3.63, 3.8) is 0 Å². The molecular weight excluding hydrogens is 642 g/mol. The molecule has 0 saturated carbocycles. The minimum absolute atomic E-state index is 0.0893. The number of hydrogen-bond acceptors (Lipinski definition) is 11. The third kappa shape index (κ3) is 9.53. The maximum absolute atomic E-state index is 12.3. The topological polar surface area (TPSA) is 190 Å². The van der Waals surface area contributed by atoms with Gasteiger partial charge in [-0.25, -0.2) is 15.6 Å². The van der Waals surface area contributed by atoms with E-state index in [-0.39, 0.29) is 24.2 Å². The van der Waals surface area contributed by atoms with Crippen LogP contribution >= 0.6 is 11.6 Å². The average molecular weight is 678 g/mol. The van der Waals surface area contributed by atoms with Crippen molar-refractivity contribution in [3.8, 4) is 11.1 Å². The number of benzene rings is 3. The zero-order valence-electron chi connectivity index (χ0n) is 26.5. The third-order valence-corrected chi connectivity index (χ3v) is 7.57. The molecule has 48 heavy (non-hydrogen) atoms. The van der Waals surface area contributed by atoms with E-state index in [1.807, 2.05) is 47.0 Å². The Kier molecular flexibility index (Phi) is 12.5. The molecule has 3 aromatic carbocycles. The smallest absolute Gasteiger partial charge is 0.429 e. The Hall–Kier alpha value is -5.47. The Morgan fingerprint density at radius 3 is 2.38 bits per heavy atom. The highest BCUT2D eigenvalue weighted by Crippen LogP contribution is 2.26. The Morgan fingerprint density at radius 1 is 1.08 bits per heavy atom. The number of aromatic nitrogens is 2. The van der Waals surface area contributed by atoms with Gasteiger partial charge in [0.25, 0.3) is 5.09 Å². The van der Waals surface area contributed by atoms with Crippen LogP contribution in [0.15, 0.2) is 77.9 Å². The summed E-state index contributed by atoms with van der Waals surface area (Å²) in [5.74, 6) is 6.92. The largest absolute Gasteiger partial charge is 0.510 e. The van der Waals surface area contributed by atoms with Gasteiger partial charge < -0.3 is 24.6 Å². The van der Waals surface area contributed by atoms with E-state index >= 15 is 0 Å². The number of hydrazine groups is 1. The predicted molar refractivity (Wildman–Crippen MR) is 178 cm³/mol. The van der Waals surface area contributed by atoms with Crippen molar-refractivity contribution in [1.82, 2.24) is 14.7 Å². The van der Waals surface area contributed by atoms with Crippen LogP contribution in [0.3, 0.4) is 0 Å². The first-order valence-electron chi connectivity index (χ1n) is 15.0. The molecule has 0 aliphatic carbocycles. The molecule has 1 atom stereocenters. The first-order valence-corrected chi connectivity index (χ1v) is 15.4. The summed E-state index contributed by atoms with van der Waals surface area (Å²) in [6, 6.07) is 21.7. The number of aldehydes is 1. The third-order valence-electron chi connectivity index (χ3n) is 7.29. The molecule has 0 amide bonds. The van der Waals surface area contributed by atoms with Crippen molar-refractivity contribution in [2.75, 3.05) is 0 Å². The number of carbonyl (C=O) groups excluding carboxylic acids is 2. The number of rotatable bonds is 16. The van der Waals surface area contributed by atoms with Gasteiger partial charge >= 0.3 is 6.16 Å². The van der Waals surface area contributed by atoms with Crippen molar-refractivity contribution >= 4 is 29.9 Å². The van der Waals surface area contributed by atoms with Crippen LogP contribution < -0.4 is 11.6 Å². The van der Waals surface area contributed by atoms with Crippen LogP contribution in [0.4, 0.5) is 4.79 Å². The molecule has 0 aliphatic rings. The Morgan fingerprint density at radius 2 is 1.73 bits per heavy atom. The number of imidazole rings is 1. The summed E-state index contributed by atoms with van der Waals surface area (Å²) >= 11 is 6.24. The number of nitrogens with zero attached hydrogens (tertiary/aromatic N) is 5. The lowest BCUT2D eigenvalue weighted by molar-refractivity contribution is -0.763. The van der Waals surface area contributed by atoms with E-state index in [1.165, 1.54) is 6.92 Å². The van der Waals surface area contributed by atoms with Crippen LogP contribution in [0.25, 0.3) is 11.1 Å². The lowest BCUT2D eigenvalue weighted by Gasteiger charge is -2.21. The molecule has 4 aromatic rings. The van der Waals surface area contributed by atoms with E-state index < -0.39 is 17.5 Å². The molecule has 0 saturated heterocycles. The van der Waals surface area contributed by atoms with Gasteiger partial charge in [-0.1, -0.05) is 97.7 Å². The van der Waals surface area contributed by atoms with Gasteiger partial charge in [0.15, 0.2) is 17.3 Å². The van der Waals surface area contributed by atoms with Crippen LogP contribution in [0.2, 0.25) is 5.15 Å². The summed E-state index contributed by atoms with van der Waals surface area (Å²) in [6.45, 7) is 3.75. The van der Waals surface area contributed by atoms with Gasteiger partial charge in [0, 0.05) is 18.5 Å².